The molecule has 9 heteroatoms. The highest BCUT2D eigenvalue weighted by Crippen LogP contribution is 2.33. The van der Waals surface area contributed by atoms with Crippen molar-refractivity contribution in [2.45, 2.75) is 82.6 Å². The van der Waals surface area contributed by atoms with E-state index in [1.54, 1.807) is 0 Å². The Balaban J connectivity index is 1.23. The highest BCUT2D eigenvalue weighted by Gasteiger charge is 2.35. The number of hydrogen-bond acceptors (Lipinski definition) is 7. The first kappa shape index (κ1) is 23.9. The molecule has 0 aromatic heterocycles. The molecule has 0 radical (unpaired) electrons. The Hall–Kier alpha value is -1.26. The molecule has 0 spiro atoms. The van der Waals surface area contributed by atoms with Gasteiger partial charge in [0.05, 0.1) is 18.9 Å². The molecule has 2 amide bonds. The van der Waals surface area contributed by atoms with Gasteiger partial charge in [0.1, 0.15) is 0 Å². The predicted octanol–water partition coefficient (Wildman–Crippen LogP) is -0.143. The zero-order valence-electron chi connectivity index (χ0n) is 19.8. The molecule has 9 nitrogen and oxygen atoms in total. The van der Waals surface area contributed by atoms with Crippen molar-refractivity contribution in [3.05, 3.63) is 0 Å². The monoisotopic (exact) mass is 449 g/mol. The van der Waals surface area contributed by atoms with Gasteiger partial charge < -0.3 is 21.3 Å². The van der Waals surface area contributed by atoms with Crippen LogP contribution in [0.4, 0.5) is 0 Å². The van der Waals surface area contributed by atoms with Crippen molar-refractivity contribution in [2.24, 2.45) is 17.8 Å². The molecule has 1 saturated carbocycles. The normalized spacial score (nSPS) is 37.2. The summed E-state index contributed by atoms with van der Waals surface area (Å²) >= 11 is 0. The van der Waals surface area contributed by atoms with Crippen LogP contribution in [0.15, 0.2) is 0 Å². The van der Waals surface area contributed by atoms with Crippen LogP contribution < -0.4 is 32.1 Å². The number of carbonyl (C=O) groups is 2. The first-order valence-electron chi connectivity index (χ1n) is 12.7. The Labute approximate surface area is 192 Å². The van der Waals surface area contributed by atoms with Gasteiger partial charge in [0.2, 0.25) is 11.8 Å². The Morgan fingerprint density at radius 2 is 1.88 bits per heavy atom. The third-order valence-corrected chi connectivity index (χ3v) is 8.09. The van der Waals surface area contributed by atoms with Crippen LogP contribution in [0, 0.1) is 17.8 Å². The van der Waals surface area contributed by atoms with Crippen LogP contribution >= 0.6 is 0 Å². The second-order valence-corrected chi connectivity index (χ2v) is 10.5. The highest BCUT2D eigenvalue weighted by atomic mass is 16.2. The summed E-state index contributed by atoms with van der Waals surface area (Å²) in [6.45, 7) is 5.78. The molecule has 0 bridgehead atoms. The number of carbonyl (C=O) groups excluding carboxylic acids is 2. The van der Waals surface area contributed by atoms with Crippen molar-refractivity contribution < 1.29 is 9.59 Å². The van der Waals surface area contributed by atoms with Gasteiger partial charge in [-0.15, -0.1) is 0 Å². The van der Waals surface area contributed by atoms with Crippen molar-refractivity contribution in [1.82, 2.24) is 37.0 Å². The third kappa shape index (κ3) is 6.20. The minimum Gasteiger partial charge on any atom is -0.352 e. The SMILES string of the molecule is C[C@H](CC1NNCN1C)C1CCCC(NC(=O)C2CC(C(=O)N[C@@H]3CCNC3)CCN2)C1. The van der Waals surface area contributed by atoms with Crippen LogP contribution in [-0.4, -0.2) is 74.4 Å². The maximum absolute atomic E-state index is 13.0. The molecule has 6 N–H and O–H groups in total. The molecule has 4 rings (SSSR count). The van der Waals surface area contributed by atoms with Gasteiger partial charge in [0, 0.05) is 24.5 Å². The van der Waals surface area contributed by atoms with E-state index >= 15 is 0 Å². The Bertz CT molecular complexity index is 642. The molecule has 3 heterocycles. The van der Waals surface area contributed by atoms with E-state index < -0.39 is 0 Å². The van der Waals surface area contributed by atoms with Gasteiger partial charge in [-0.3, -0.25) is 14.5 Å². The van der Waals surface area contributed by atoms with Crippen LogP contribution in [0.25, 0.3) is 0 Å². The maximum Gasteiger partial charge on any atom is 0.237 e. The molecule has 3 saturated heterocycles. The van der Waals surface area contributed by atoms with Gasteiger partial charge in [-0.2, -0.15) is 0 Å². The standard InChI is InChI=1S/C23H43N7O2/c1-15(10-21-29-26-14-30(21)2)16-4-3-5-18(11-16)27-23(32)20-12-17(6-9-25-20)22(31)28-19-7-8-24-13-19/h15-21,24-26,29H,3-14H2,1-2H3,(H,27,32)(H,28,31)/t15-,16?,17?,18?,19-,20?,21?/m1/s1. The average Bonchev–Trinajstić information content (AvgIpc) is 3.46. The van der Waals surface area contributed by atoms with Crippen molar-refractivity contribution >= 4 is 11.8 Å². The lowest BCUT2D eigenvalue weighted by molar-refractivity contribution is -0.129. The van der Waals surface area contributed by atoms with Crippen molar-refractivity contribution in [2.75, 3.05) is 33.4 Å². The first-order valence-corrected chi connectivity index (χ1v) is 12.7. The summed E-state index contributed by atoms with van der Waals surface area (Å²) in [4.78, 5) is 28.0. The number of nitrogens with zero attached hydrogens (tertiary/aromatic N) is 1. The average molecular weight is 450 g/mol. The summed E-state index contributed by atoms with van der Waals surface area (Å²) in [5, 5.41) is 13.1. The highest BCUT2D eigenvalue weighted by molar-refractivity contribution is 5.84. The topological polar surface area (TPSA) is 110 Å². The molecule has 182 valence electrons. The third-order valence-electron chi connectivity index (χ3n) is 8.09. The fourth-order valence-electron chi connectivity index (χ4n) is 5.92. The van der Waals surface area contributed by atoms with Crippen molar-refractivity contribution in [1.29, 1.82) is 0 Å². The van der Waals surface area contributed by atoms with Crippen molar-refractivity contribution in [3.8, 4) is 0 Å². The summed E-state index contributed by atoms with van der Waals surface area (Å²) in [6.07, 6.45) is 8.43. The van der Waals surface area contributed by atoms with Gasteiger partial charge in [-0.05, 0) is 70.5 Å². The number of hydrogen-bond donors (Lipinski definition) is 6. The minimum absolute atomic E-state index is 0.0729. The lowest BCUT2D eigenvalue weighted by Crippen LogP contribution is -2.54. The van der Waals surface area contributed by atoms with Crippen molar-refractivity contribution in [3.63, 3.8) is 0 Å². The molecule has 32 heavy (non-hydrogen) atoms. The number of piperidine rings is 1. The smallest absolute Gasteiger partial charge is 0.237 e. The predicted molar refractivity (Wildman–Crippen MR) is 124 cm³/mol. The summed E-state index contributed by atoms with van der Waals surface area (Å²) in [7, 11) is 2.14. The Morgan fingerprint density at radius 3 is 2.62 bits per heavy atom. The van der Waals surface area contributed by atoms with Gasteiger partial charge in [-0.1, -0.05) is 19.8 Å². The van der Waals surface area contributed by atoms with E-state index in [9.17, 15) is 9.59 Å². The first-order chi connectivity index (χ1) is 15.5. The second-order valence-electron chi connectivity index (χ2n) is 10.5. The zero-order chi connectivity index (χ0) is 22.5. The summed E-state index contributed by atoms with van der Waals surface area (Å²) in [6, 6.07) is 0.221. The van der Waals surface area contributed by atoms with Gasteiger partial charge in [0.15, 0.2) is 0 Å². The van der Waals surface area contributed by atoms with Crippen LogP contribution in [0.5, 0.6) is 0 Å². The molecule has 7 atom stereocenters. The molecule has 1 aliphatic carbocycles. The summed E-state index contributed by atoms with van der Waals surface area (Å²) in [5.41, 5.74) is 6.57. The van der Waals surface area contributed by atoms with Crippen LogP contribution in [0.2, 0.25) is 0 Å². The fraction of sp³-hybridized carbons (Fsp3) is 0.913. The van der Waals surface area contributed by atoms with E-state index in [2.05, 4.69) is 51.0 Å². The van der Waals surface area contributed by atoms with Gasteiger partial charge in [0.25, 0.3) is 0 Å². The summed E-state index contributed by atoms with van der Waals surface area (Å²) < 4.78 is 0. The van der Waals surface area contributed by atoms with E-state index in [1.807, 2.05) is 0 Å². The number of nitrogens with one attached hydrogen (secondary N) is 6. The van der Waals surface area contributed by atoms with Gasteiger partial charge in [-0.25, -0.2) is 10.9 Å². The second kappa shape index (κ2) is 11.2. The Kier molecular flexibility index (Phi) is 8.39. The number of amides is 2. The maximum atomic E-state index is 13.0. The van der Waals surface area contributed by atoms with Crippen LogP contribution in [0.1, 0.15) is 58.3 Å². The van der Waals surface area contributed by atoms with E-state index in [4.69, 9.17) is 0 Å². The minimum atomic E-state index is -0.263. The number of rotatable bonds is 7. The number of hydrazine groups is 1. The largest absolute Gasteiger partial charge is 0.352 e. The van der Waals surface area contributed by atoms with E-state index in [-0.39, 0.29) is 35.9 Å². The van der Waals surface area contributed by atoms with E-state index in [1.165, 1.54) is 12.8 Å². The molecular weight excluding hydrogens is 406 g/mol. The Morgan fingerprint density at radius 1 is 1.03 bits per heavy atom. The fourth-order valence-corrected chi connectivity index (χ4v) is 5.92. The van der Waals surface area contributed by atoms with Crippen LogP contribution in [0.3, 0.4) is 0 Å². The van der Waals surface area contributed by atoms with E-state index in [0.717, 1.165) is 58.4 Å². The molecule has 0 aromatic carbocycles. The molecule has 3 aliphatic heterocycles. The molecule has 4 aliphatic rings. The quantitative estimate of drug-likeness (QED) is 0.321. The lowest BCUT2D eigenvalue weighted by Gasteiger charge is -2.36. The van der Waals surface area contributed by atoms with E-state index in [0.29, 0.717) is 24.4 Å². The molecule has 0 aromatic rings. The lowest BCUT2D eigenvalue weighted by atomic mass is 9.77. The molecule has 5 unspecified atom stereocenters. The summed E-state index contributed by atoms with van der Waals surface area (Å²) in [5.74, 6) is 1.37. The zero-order valence-corrected chi connectivity index (χ0v) is 19.8. The van der Waals surface area contributed by atoms with Gasteiger partial charge >= 0.3 is 0 Å². The molecule has 4 fully saturated rings. The molecular formula is C23H43N7O2. The van der Waals surface area contributed by atoms with Crippen LogP contribution in [-0.2, 0) is 9.59 Å².